The lowest BCUT2D eigenvalue weighted by molar-refractivity contribution is 0.0637. The van der Waals surface area contributed by atoms with Crippen LogP contribution in [-0.4, -0.2) is 39.6 Å². The van der Waals surface area contributed by atoms with E-state index in [2.05, 4.69) is 22.1 Å². The molecule has 1 saturated heterocycles. The average molecular weight is 422 g/mol. The van der Waals surface area contributed by atoms with Crippen LogP contribution < -0.4 is 0 Å². The summed E-state index contributed by atoms with van der Waals surface area (Å²) in [7, 11) is 0. The van der Waals surface area contributed by atoms with Crippen LogP contribution in [0.3, 0.4) is 0 Å². The maximum Gasteiger partial charge on any atom is 0.253 e. The van der Waals surface area contributed by atoms with Crippen molar-refractivity contribution >= 4 is 22.7 Å². The smallest absolute Gasteiger partial charge is 0.253 e. The Kier molecular flexibility index (Phi) is 5.46. The highest BCUT2D eigenvalue weighted by atomic mass is 16.2. The van der Waals surface area contributed by atoms with E-state index in [0.717, 1.165) is 29.5 Å². The van der Waals surface area contributed by atoms with Gasteiger partial charge in [-0.1, -0.05) is 54.6 Å². The van der Waals surface area contributed by atoms with Crippen molar-refractivity contribution in [3.63, 3.8) is 0 Å². The number of amides is 1. The monoisotopic (exact) mass is 421 g/mol. The second-order valence-electron chi connectivity index (χ2n) is 8.16. The summed E-state index contributed by atoms with van der Waals surface area (Å²) in [5, 5.41) is 0. The molecule has 1 aliphatic rings. The van der Waals surface area contributed by atoms with Gasteiger partial charge < -0.3 is 4.90 Å². The fourth-order valence-electron chi connectivity index (χ4n) is 4.35. The molecular formula is C27H23N3O2. The summed E-state index contributed by atoms with van der Waals surface area (Å²) in [6.45, 7) is 1.10. The molecule has 0 bridgehead atoms. The highest BCUT2D eigenvalue weighted by Crippen LogP contribution is 2.25. The molecule has 1 amide bonds. The number of rotatable bonds is 4. The molecule has 4 aromatic rings. The number of hydrogen-bond donors (Lipinski definition) is 0. The largest absolute Gasteiger partial charge is 0.338 e. The van der Waals surface area contributed by atoms with Crippen molar-refractivity contribution in [2.75, 3.05) is 13.1 Å². The van der Waals surface area contributed by atoms with Gasteiger partial charge in [0, 0.05) is 42.5 Å². The molecule has 1 aromatic heterocycles. The highest BCUT2D eigenvalue weighted by molar-refractivity contribution is 6.00. The zero-order valence-corrected chi connectivity index (χ0v) is 17.6. The molecule has 5 rings (SSSR count). The van der Waals surface area contributed by atoms with Crippen LogP contribution in [0.5, 0.6) is 0 Å². The van der Waals surface area contributed by atoms with Gasteiger partial charge in [-0.15, -0.1) is 0 Å². The maximum absolute atomic E-state index is 13.2. The number of ketones is 1. The minimum atomic E-state index is -0.185. The summed E-state index contributed by atoms with van der Waals surface area (Å²) in [6, 6.07) is 23.3. The second kappa shape index (κ2) is 8.71. The Morgan fingerprint density at radius 2 is 1.47 bits per heavy atom. The average Bonchev–Trinajstić information content (AvgIpc) is 2.88. The molecule has 1 aliphatic heterocycles. The molecule has 1 atom stereocenters. The van der Waals surface area contributed by atoms with Gasteiger partial charge in [0.25, 0.3) is 5.91 Å². The van der Waals surface area contributed by atoms with E-state index in [1.165, 1.54) is 0 Å². The van der Waals surface area contributed by atoms with E-state index in [0.29, 0.717) is 29.7 Å². The lowest BCUT2D eigenvalue weighted by Gasteiger charge is -2.32. The minimum absolute atomic E-state index is 0.0607. The van der Waals surface area contributed by atoms with Crippen molar-refractivity contribution in [2.24, 2.45) is 5.92 Å². The summed E-state index contributed by atoms with van der Waals surface area (Å²) < 4.78 is 0. The van der Waals surface area contributed by atoms with Gasteiger partial charge in [0.05, 0.1) is 11.0 Å². The van der Waals surface area contributed by atoms with Crippen molar-refractivity contribution in [1.29, 1.82) is 0 Å². The maximum atomic E-state index is 13.2. The third-order valence-electron chi connectivity index (χ3n) is 6.07. The van der Waals surface area contributed by atoms with Crippen molar-refractivity contribution in [3.8, 4) is 11.1 Å². The van der Waals surface area contributed by atoms with Crippen molar-refractivity contribution < 1.29 is 9.59 Å². The Morgan fingerprint density at radius 1 is 0.781 bits per heavy atom. The van der Waals surface area contributed by atoms with Gasteiger partial charge in [0.1, 0.15) is 0 Å². The van der Waals surface area contributed by atoms with Crippen LogP contribution in [0.1, 0.15) is 33.6 Å². The SMILES string of the molecule is O=C(c1ccc(-c2ccccc2)cc1)C1CCCN(C(=O)c2ccc3nccnc3c2)C1. The van der Waals surface area contributed by atoms with Crippen molar-refractivity contribution in [2.45, 2.75) is 12.8 Å². The predicted molar refractivity (Wildman–Crippen MR) is 124 cm³/mol. The van der Waals surface area contributed by atoms with Crippen LogP contribution in [0, 0.1) is 5.92 Å². The third-order valence-corrected chi connectivity index (χ3v) is 6.07. The van der Waals surface area contributed by atoms with Crippen molar-refractivity contribution in [3.05, 3.63) is 96.3 Å². The van der Waals surface area contributed by atoms with E-state index in [-0.39, 0.29) is 17.6 Å². The van der Waals surface area contributed by atoms with Gasteiger partial charge in [-0.05, 0) is 42.2 Å². The number of carbonyl (C=O) groups is 2. The highest BCUT2D eigenvalue weighted by Gasteiger charge is 2.29. The fourth-order valence-corrected chi connectivity index (χ4v) is 4.35. The van der Waals surface area contributed by atoms with Crippen LogP contribution in [-0.2, 0) is 0 Å². The number of carbonyl (C=O) groups excluding carboxylic acids is 2. The van der Waals surface area contributed by atoms with Gasteiger partial charge in [0.15, 0.2) is 5.78 Å². The molecule has 0 aliphatic carbocycles. The summed E-state index contributed by atoms with van der Waals surface area (Å²) in [4.78, 5) is 36.6. The van der Waals surface area contributed by atoms with E-state index >= 15 is 0 Å². The van der Waals surface area contributed by atoms with Gasteiger partial charge in [-0.2, -0.15) is 0 Å². The first-order valence-corrected chi connectivity index (χ1v) is 10.9. The van der Waals surface area contributed by atoms with Gasteiger partial charge in [0.2, 0.25) is 0 Å². The van der Waals surface area contributed by atoms with Crippen LogP contribution in [0.2, 0.25) is 0 Å². The first-order valence-electron chi connectivity index (χ1n) is 10.9. The van der Waals surface area contributed by atoms with Gasteiger partial charge in [-0.3, -0.25) is 19.6 Å². The number of likely N-dealkylation sites (tertiary alicyclic amines) is 1. The Balaban J connectivity index is 1.30. The lowest BCUT2D eigenvalue weighted by Crippen LogP contribution is -2.42. The summed E-state index contributed by atoms with van der Waals surface area (Å²) in [6.07, 6.45) is 4.87. The molecule has 1 unspecified atom stereocenters. The Morgan fingerprint density at radius 3 is 2.25 bits per heavy atom. The van der Waals surface area contributed by atoms with E-state index in [9.17, 15) is 9.59 Å². The number of benzene rings is 3. The number of piperidine rings is 1. The Labute approximate surface area is 186 Å². The van der Waals surface area contributed by atoms with Crippen molar-refractivity contribution in [1.82, 2.24) is 14.9 Å². The lowest BCUT2D eigenvalue weighted by atomic mass is 9.89. The molecule has 5 nitrogen and oxygen atoms in total. The topological polar surface area (TPSA) is 63.2 Å². The minimum Gasteiger partial charge on any atom is -0.338 e. The molecule has 5 heteroatoms. The molecule has 0 saturated carbocycles. The molecule has 32 heavy (non-hydrogen) atoms. The van der Waals surface area contributed by atoms with E-state index in [4.69, 9.17) is 0 Å². The molecule has 0 radical (unpaired) electrons. The van der Waals surface area contributed by atoms with E-state index in [1.54, 1.807) is 29.4 Å². The molecule has 0 N–H and O–H groups in total. The molecule has 1 fully saturated rings. The van der Waals surface area contributed by atoms with Gasteiger partial charge in [-0.25, -0.2) is 0 Å². The Bertz CT molecular complexity index is 1270. The Hall–Kier alpha value is -3.86. The number of fused-ring (bicyclic) bond motifs is 1. The normalized spacial score (nSPS) is 16.1. The quantitative estimate of drug-likeness (QED) is 0.434. The van der Waals surface area contributed by atoms with E-state index in [1.807, 2.05) is 48.5 Å². The molecule has 3 aromatic carbocycles. The summed E-state index contributed by atoms with van der Waals surface area (Å²) >= 11 is 0. The van der Waals surface area contributed by atoms with E-state index < -0.39 is 0 Å². The van der Waals surface area contributed by atoms with Crippen LogP contribution >= 0.6 is 0 Å². The first-order chi connectivity index (χ1) is 15.7. The number of aromatic nitrogens is 2. The predicted octanol–water partition coefficient (Wildman–Crippen LogP) is 5.03. The third kappa shape index (κ3) is 4.02. The summed E-state index contributed by atoms with van der Waals surface area (Å²) in [5.74, 6) is -0.142. The zero-order valence-electron chi connectivity index (χ0n) is 17.6. The second-order valence-corrected chi connectivity index (χ2v) is 8.16. The standard InChI is InChI=1S/C27H23N3O2/c31-26(21-10-8-20(9-11-21)19-5-2-1-3-6-19)23-7-4-16-30(18-23)27(32)22-12-13-24-25(17-22)29-15-14-28-24/h1-3,5-6,8-15,17,23H,4,7,16,18H2. The van der Waals surface area contributed by atoms with Crippen LogP contribution in [0.15, 0.2) is 85.2 Å². The molecule has 158 valence electrons. The molecular weight excluding hydrogens is 398 g/mol. The number of Topliss-reactive ketones (excluding diaryl/α,β-unsaturated/α-hetero) is 1. The summed E-state index contributed by atoms with van der Waals surface area (Å²) in [5.41, 5.74) is 4.95. The van der Waals surface area contributed by atoms with Crippen LogP contribution in [0.4, 0.5) is 0 Å². The first kappa shape index (κ1) is 20.1. The molecule has 0 spiro atoms. The molecule has 2 heterocycles. The van der Waals surface area contributed by atoms with Gasteiger partial charge >= 0.3 is 0 Å². The van der Waals surface area contributed by atoms with Crippen LogP contribution in [0.25, 0.3) is 22.2 Å². The zero-order chi connectivity index (χ0) is 21.9. The fraction of sp³-hybridized carbons (Fsp3) is 0.185. The number of nitrogens with zero attached hydrogens (tertiary/aromatic N) is 3. The number of hydrogen-bond acceptors (Lipinski definition) is 4.